The summed E-state index contributed by atoms with van der Waals surface area (Å²) in [6.45, 7) is 3.69. The van der Waals surface area contributed by atoms with Crippen molar-refractivity contribution in [2.24, 2.45) is 0 Å². The molecule has 0 saturated heterocycles. The lowest BCUT2D eigenvalue weighted by molar-refractivity contribution is -0.109. The van der Waals surface area contributed by atoms with E-state index in [1.807, 2.05) is 30.3 Å². The van der Waals surface area contributed by atoms with Gasteiger partial charge in [-0.05, 0) is 48.6 Å². The highest BCUT2D eigenvalue weighted by Gasteiger charge is 2.26. The summed E-state index contributed by atoms with van der Waals surface area (Å²) in [4.78, 5) is 27.7. The Hall–Kier alpha value is -3.08. The van der Waals surface area contributed by atoms with Gasteiger partial charge in [-0.2, -0.15) is 0 Å². The zero-order valence-electron chi connectivity index (χ0n) is 19.2. The van der Waals surface area contributed by atoms with Crippen molar-refractivity contribution >= 4 is 61.9 Å². The Morgan fingerprint density at radius 3 is 2.60 bits per heavy atom. The van der Waals surface area contributed by atoms with Crippen molar-refractivity contribution in [3.05, 3.63) is 82.9 Å². The summed E-state index contributed by atoms with van der Waals surface area (Å²) in [5.41, 5.74) is 2.91. The summed E-state index contributed by atoms with van der Waals surface area (Å²) in [5, 5.41) is 5.24. The summed E-state index contributed by atoms with van der Waals surface area (Å²) in [5.74, 6) is 0.267. The number of thiophene rings is 1. The van der Waals surface area contributed by atoms with Gasteiger partial charge in [0, 0.05) is 17.7 Å². The van der Waals surface area contributed by atoms with Crippen LogP contribution >= 0.6 is 23.1 Å². The van der Waals surface area contributed by atoms with E-state index in [2.05, 4.69) is 15.0 Å². The number of amides is 1. The third kappa shape index (κ3) is 5.77. The molecule has 1 unspecified atom stereocenters. The normalized spacial score (nSPS) is 13.3. The maximum absolute atomic E-state index is 12.9. The van der Waals surface area contributed by atoms with Crippen molar-refractivity contribution in [1.29, 1.82) is 0 Å². The SMILES string of the molecule is Cc1ccsc1S(=O)(=O)Nc1cccc2cc(C(=O)NCC(C)(C=O)SCc3ccccc3)[nH]c12. The van der Waals surface area contributed by atoms with Gasteiger partial charge in [0.1, 0.15) is 16.2 Å². The first kappa shape index (κ1) is 25.0. The first-order chi connectivity index (χ1) is 16.7. The maximum atomic E-state index is 12.9. The fraction of sp³-hybridized carbons (Fsp3) is 0.200. The first-order valence-corrected chi connectivity index (χ1v) is 14.2. The Kier molecular flexibility index (Phi) is 7.34. The number of para-hydroxylation sites is 1. The van der Waals surface area contributed by atoms with E-state index < -0.39 is 14.8 Å². The van der Waals surface area contributed by atoms with Gasteiger partial charge in [-0.15, -0.1) is 23.1 Å². The van der Waals surface area contributed by atoms with Gasteiger partial charge in [-0.25, -0.2) is 8.42 Å². The van der Waals surface area contributed by atoms with Gasteiger partial charge in [0.25, 0.3) is 15.9 Å². The Labute approximate surface area is 212 Å². The number of sulfonamides is 1. The average molecular weight is 528 g/mol. The van der Waals surface area contributed by atoms with E-state index in [-0.39, 0.29) is 22.4 Å². The standard InChI is InChI=1S/C25H25N3O4S3/c1-17-11-12-33-24(17)35(31,32)28-20-10-6-9-19-13-21(27-22(19)20)23(30)26-15-25(2,16-29)34-14-18-7-4-3-5-8-18/h3-13,16,27-28H,14-15H2,1-2H3,(H,26,30). The lowest BCUT2D eigenvalue weighted by Gasteiger charge is -2.22. The van der Waals surface area contributed by atoms with Crippen molar-refractivity contribution in [3.63, 3.8) is 0 Å². The van der Waals surface area contributed by atoms with Crippen molar-refractivity contribution < 1.29 is 18.0 Å². The van der Waals surface area contributed by atoms with Gasteiger partial charge in [-0.1, -0.05) is 42.5 Å². The monoisotopic (exact) mass is 527 g/mol. The predicted molar refractivity (Wildman–Crippen MR) is 143 cm³/mol. The first-order valence-electron chi connectivity index (χ1n) is 10.8. The number of nitrogens with one attached hydrogen (secondary N) is 3. The second-order valence-corrected chi connectivity index (χ2v) is 12.6. The van der Waals surface area contributed by atoms with Crippen LogP contribution in [0.15, 0.2) is 70.3 Å². The molecule has 0 fully saturated rings. The van der Waals surface area contributed by atoms with E-state index in [1.54, 1.807) is 49.6 Å². The van der Waals surface area contributed by atoms with E-state index in [1.165, 1.54) is 11.8 Å². The van der Waals surface area contributed by atoms with Crippen LogP contribution in [-0.4, -0.2) is 36.9 Å². The van der Waals surface area contributed by atoms with Crippen molar-refractivity contribution in [2.75, 3.05) is 11.3 Å². The number of hydrogen-bond donors (Lipinski definition) is 3. The fourth-order valence-corrected chi connectivity index (χ4v) is 6.91. The van der Waals surface area contributed by atoms with Gasteiger partial charge < -0.3 is 15.1 Å². The van der Waals surface area contributed by atoms with Crippen LogP contribution in [0.5, 0.6) is 0 Å². The molecule has 0 spiro atoms. The molecule has 10 heteroatoms. The number of carbonyl (C=O) groups is 2. The highest BCUT2D eigenvalue weighted by molar-refractivity contribution is 8.00. The van der Waals surface area contributed by atoms with Crippen molar-refractivity contribution in [3.8, 4) is 0 Å². The number of fused-ring (bicyclic) bond motifs is 1. The minimum atomic E-state index is -3.76. The minimum Gasteiger partial charge on any atom is -0.349 e. The van der Waals surface area contributed by atoms with Crippen LogP contribution in [0.1, 0.15) is 28.5 Å². The molecule has 4 rings (SSSR count). The third-order valence-corrected chi connectivity index (χ3v) is 9.90. The number of H-pyrrole nitrogens is 1. The lowest BCUT2D eigenvalue weighted by Crippen LogP contribution is -2.39. The Morgan fingerprint density at radius 2 is 1.91 bits per heavy atom. The van der Waals surface area contributed by atoms with Gasteiger partial charge >= 0.3 is 0 Å². The van der Waals surface area contributed by atoms with Gasteiger partial charge in [0.15, 0.2) is 0 Å². The van der Waals surface area contributed by atoms with E-state index in [9.17, 15) is 18.0 Å². The van der Waals surface area contributed by atoms with Crippen LogP contribution in [0.2, 0.25) is 0 Å². The molecule has 0 aliphatic rings. The second-order valence-electron chi connectivity index (χ2n) is 8.34. The minimum absolute atomic E-state index is 0.152. The molecule has 0 aliphatic carbocycles. The third-order valence-electron chi connectivity index (χ3n) is 5.46. The summed E-state index contributed by atoms with van der Waals surface area (Å²) in [6.07, 6.45) is 0.853. The van der Waals surface area contributed by atoms with Crippen LogP contribution in [0.25, 0.3) is 10.9 Å². The molecule has 4 aromatic rings. The quantitative estimate of drug-likeness (QED) is 0.253. The molecular weight excluding hydrogens is 502 g/mol. The molecule has 3 N–H and O–H groups in total. The number of anilines is 1. The molecule has 1 atom stereocenters. The number of rotatable bonds is 10. The largest absolute Gasteiger partial charge is 0.349 e. The summed E-state index contributed by atoms with van der Waals surface area (Å²) >= 11 is 2.61. The summed E-state index contributed by atoms with van der Waals surface area (Å²) in [6, 6.07) is 18.4. The fourth-order valence-electron chi connectivity index (χ4n) is 3.49. The second kappa shape index (κ2) is 10.3. The van der Waals surface area contributed by atoms with Crippen LogP contribution in [-0.2, 0) is 20.6 Å². The zero-order valence-corrected chi connectivity index (χ0v) is 21.6. The molecule has 182 valence electrons. The highest BCUT2D eigenvalue weighted by atomic mass is 32.2. The Balaban J connectivity index is 1.47. The summed E-state index contributed by atoms with van der Waals surface area (Å²) < 4.78 is 27.8. The number of aromatic nitrogens is 1. The molecule has 1 amide bonds. The molecule has 2 heterocycles. The van der Waals surface area contributed by atoms with E-state index in [0.29, 0.717) is 27.9 Å². The van der Waals surface area contributed by atoms with Crippen molar-refractivity contribution in [1.82, 2.24) is 10.3 Å². The van der Waals surface area contributed by atoms with E-state index in [4.69, 9.17) is 0 Å². The predicted octanol–water partition coefficient (Wildman–Crippen LogP) is 4.96. The van der Waals surface area contributed by atoms with Crippen LogP contribution in [0.3, 0.4) is 0 Å². The van der Waals surface area contributed by atoms with Crippen LogP contribution in [0.4, 0.5) is 5.69 Å². The van der Waals surface area contributed by atoms with Crippen LogP contribution in [0, 0.1) is 6.92 Å². The molecule has 0 aliphatic heterocycles. The Morgan fingerprint density at radius 1 is 1.14 bits per heavy atom. The average Bonchev–Trinajstić information content (AvgIpc) is 3.49. The van der Waals surface area contributed by atoms with Crippen LogP contribution < -0.4 is 10.0 Å². The zero-order chi connectivity index (χ0) is 25.1. The number of aryl methyl sites for hydroxylation is 1. The summed E-state index contributed by atoms with van der Waals surface area (Å²) in [7, 11) is -3.76. The number of aldehydes is 1. The number of benzene rings is 2. The van der Waals surface area contributed by atoms with E-state index in [0.717, 1.165) is 23.2 Å². The smallest absolute Gasteiger partial charge is 0.271 e. The number of aromatic amines is 1. The van der Waals surface area contributed by atoms with E-state index >= 15 is 0 Å². The number of thioether (sulfide) groups is 1. The molecule has 0 bridgehead atoms. The Bertz CT molecular complexity index is 1460. The number of carbonyl (C=O) groups excluding carboxylic acids is 2. The molecule has 2 aromatic carbocycles. The molecule has 2 aromatic heterocycles. The van der Waals surface area contributed by atoms with Crippen molar-refractivity contribution in [2.45, 2.75) is 28.6 Å². The van der Waals surface area contributed by atoms with Gasteiger partial charge in [0.2, 0.25) is 0 Å². The number of hydrogen-bond acceptors (Lipinski definition) is 6. The van der Waals surface area contributed by atoms with Gasteiger partial charge in [0.05, 0.1) is 16.0 Å². The highest BCUT2D eigenvalue weighted by Crippen LogP contribution is 2.29. The maximum Gasteiger partial charge on any atom is 0.271 e. The molecule has 7 nitrogen and oxygen atoms in total. The molecule has 0 saturated carbocycles. The molecule has 0 radical (unpaired) electrons. The molecular formula is C25H25N3O4S3. The topological polar surface area (TPSA) is 108 Å². The molecule has 35 heavy (non-hydrogen) atoms. The lowest BCUT2D eigenvalue weighted by atomic mass is 10.2. The van der Waals surface area contributed by atoms with Gasteiger partial charge in [-0.3, -0.25) is 9.52 Å².